The second kappa shape index (κ2) is 4.71. The predicted octanol–water partition coefficient (Wildman–Crippen LogP) is 1.82. The number of hydrogen-bond donors (Lipinski definition) is 2. The SMILES string of the molecule is CCNc1nc(NC2(C(F)(F)F)CC2)nc(OC)n1. The van der Waals surface area contributed by atoms with E-state index in [2.05, 4.69) is 25.6 Å². The molecule has 1 aliphatic rings. The van der Waals surface area contributed by atoms with Gasteiger partial charge < -0.3 is 15.4 Å². The number of ether oxygens (including phenoxy) is 1. The number of nitrogens with zero attached hydrogens (tertiary/aromatic N) is 3. The zero-order valence-electron chi connectivity index (χ0n) is 10.5. The van der Waals surface area contributed by atoms with Crippen LogP contribution in [-0.2, 0) is 0 Å². The zero-order valence-corrected chi connectivity index (χ0v) is 10.5. The highest BCUT2D eigenvalue weighted by atomic mass is 19.4. The van der Waals surface area contributed by atoms with Gasteiger partial charge in [-0.1, -0.05) is 0 Å². The van der Waals surface area contributed by atoms with Crippen molar-refractivity contribution in [2.24, 2.45) is 0 Å². The van der Waals surface area contributed by atoms with Crippen LogP contribution in [0.4, 0.5) is 25.1 Å². The van der Waals surface area contributed by atoms with Gasteiger partial charge in [0.05, 0.1) is 7.11 Å². The van der Waals surface area contributed by atoms with Crippen LogP contribution in [-0.4, -0.2) is 40.3 Å². The standard InChI is InChI=1S/C10H14F3N5O/c1-3-14-6-15-7(17-8(16-6)19-2)18-9(4-5-9)10(11,12)13/h3-5H2,1-2H3,(H2,14,15,16,17,18). The van der Waals surface area contributed by atoms with Crippen molar-refractivity contribution in [1.82, 2.24) is 15.0 Å². The maximum Gasteiger partial charge on any atom is 0.411 e. The van der Waals surface area contributed by atoms with Gasteiger partial charge in [0, 0.05) is 6.54 Å². The monoisotopic (exact) mass is 277 g/mol. The molecule has 2 N–H and O–H groups in total. The summed E-state index contributed by atoms with van der Waals surface area (Å²) in [4.78, 5) is 11.5. The third-order valence-electron chi connectivity index (χ3n) is 2.78. The van der Waals surface area contributed by atoms with Crippen LogP contribution in [0.2, 0.25) is 0 Å². The molecule has 0 unspecified atom stereocenters. The first-order chi connectivity index (χ1) is 8.90. The van der Waals surface area contributed by atoms with E-state index in [4.69, 9.17) is 4.74 Å². The molecule has 19 heavy (non-hydrogen) atoms. The van der Waals surface area contributed by atoms with Crippen LogP contribution >= 0.6 is 0 Å². The molecule has 0 bridgehead atoms. The Morgan fingerprint density at radius 2 is 1.84 bits per heavy atom. The quantitative estimate of drug-likeness (QED) is 0.855. The fourth-order valence-electron chi connectivity index (χ4n) is 1.56. The summed E-state index contributed by atoms with van der Waals surface area (Å²) in [6.45, 7) is 2.36. The van der Waals surface area contributed by atoms with Crippen molar-refractivity contribution in [3.05, 3.63) is 0 Å². The third kappa shape index (κ3) is 2.79. The zero-order chi connectivity index (χ0) is 14.1. The van der Waals surface area contributed by atoms with E-state index in [0.717, 1.165) is 0 Å². The highest BCUT2D eigenvalue weighted by Gasteiger charge is 2.64. The van der Waals surface area contributed by atoms with E-state index in [1.165, 1.54) is 7.11 Å². The number of nitrogens with one attached hydrogen (secondary N) is 2. The van der Waals surface area contributed by atoms with Gasteiger partial charge in [-0.3, -0.25) is 0 Å². The van der Waals surface area contributed by atoms with Gasteiger partial charge in [-0.2, -0.15) is 28.1 Å². The number of halogens is 3. The molecule has 2 rings (SSSR count). The highest BCUT2D eigenvalue weighted by molar-refractivity contribution is 5.41. The van der Waals surface area contributed by atoms with E-state index in [-0.39, 0.29) is 30.7 Å². The van der Waals surface area contributed by atoms with E-state index in [1.807, 2.05) is 6.92 Å². The summed E-state index contributed by atoms with van der Waals surface area (Å²) >= 11 is 0. The molecule has 0 atom stereocenters. The Hall–Kier alpha value is -1.80. The molecule has 0 aliphatic heterocycles. The van der Waals surface area contributed by atoms with Gasteiger partial charge in [0.25, 0.3) is 0 Å². The Kier molecular flexibility index (Phi) is 3.38. The second-order valence-electron chi connectivity index (χ2n) is 4.20. The summed E-state index contributed by atoms with van der Waals surface area (Å²) in [5.41, 5.74) is -1.91. The molecule has 1 aromatic heterocycles. The molecular formula is C10H14F3N5O. The number of alkyl halides is 3. The van der Waals surface area contributed by atoms with Crippen molar-refractivity contribution in [3.8, 4) is 6.01 Å². The molecule has 1 heterocycles. The van der Waals surface area contributed by atoms with E-state index in [9.17, 15) is 13.2 Å². The van der Waals surface area contributed by atoms with Gasteiger partial charge in [0.1, 0.15) is 5.54 Å². The number of rotatable bonds is 5. The highest BCUT2D eigenvalue weighted by Crippen LogP contribution is 2.50. The summed E-state index contributed by atoms with van der Waals surface area (Å²) in [6, 6.07) is -0.0357. The lowest BCUT2D eigenvalue weighted by Gasteiger charge is -2.20. The molecule has 1 aliphatic carbocycles. The van der Waals surface area contributed by atoms with Gasteiger partial charge in [0.15, 0.2) is 0 Å². The molecule has 1 aromatic rings. The van der Waals surface area contributed by atoms with Gasteiger partial charge in [-0.25, -0.2) is 0 Å². The average molecular weight is 277 g/mol. The summed E-state index contributed by atoms with van der Waals surface area (Å²) < 4.78 is 43.3. The number of aromatic nitrogens is 3. The molecule has 0 radical (unpaired) electrons. The molecule has 1 fully saturated rings. The maximum atomic E-state index is 12.8. The first-order valence-electron chi connectivity index (χ1n) is 5.79. The Morgan fingerprint density at radius 1 is 1.21 bits per heavy atom. The van der Waals surface area contributed by atoms with Crippen molar-refractivity contribution in [1.29, 1.82) is 0 Å². The normalized spacial score (nSPS) is 16.9. The van der Waals surface area contributed by atoms with Crippen LogP contribution in [0, 0.1) is 0 Å². The van der Waals surface area contributed by atoms with Crippen molar-refractivity contribution in [2.75, 3.05) is 24.3 Å². The lowest BCUT2D eigenvalue weighted by molar-refractivity contribution is -0.151. The first kappa shape index (κ1) is 13.6. The molecule has 0 saturated heterocycles. The number of anilines is 2. The molecule has 106 valence electrons. The summed E-state index contributed by atoms with van der Waals surface area (Å²) in [6.07, 6.45) is -4.30. The molecular weight excluding hydrogens is 263 g/mol. The summed E-state index contributed by atoms with van der Waals surface area (Å²) in [5, 5.41) is 5.14. The summed E-state index contributed by atoms with van der Waals surface area (Å²) in [7, 11) is 1.34. The lowest BCUT2D eigenvalue weighted by atomic mass is 10.3. The Labute approximate surface area is 107 Å². The van der Waals surface area contributed by atoms with Crippen LogP contribution in [0.1, 0.15) is 19.8 Å². The van der Waals surface area contributed by atoms with Gasteiger partial charge in [-0.05, 0) is 19.8 Å². The Bertz CT molecular complexity index is 461. The largest absolute Gasteiger partial charge is 0.467 e. The molecule has 1 saturated carbocycles. The topological polar surface area (TPSA) is 72.0 Å². The summed E-state index contributed by atoms with van der Waals surface area (Å²) in [5.74, 6) is 0.0347. The lowest BCUT2D eigenvalue weighted by Crippen LogP contribution is -2.39. The van der Waals surface area contributed by atoms with Crippen molar-refractivity contribution in [2.45, 2.75) is 31.5 Å². The Balaban J connectivity index is 2.22. The van der Waals surface area contributed by atoms with E-state index in [0.29, 0.717) is 6.54 Å². The fourth-order valence-corrected chi connectivity index (χ4v) is 1.56. The molecule has 0 amide bonds. The van der Waals surface area contributed by atoms with Crippen molar-refractivity contribution >= 4 is 11.9 Å². The minimum absolute atomic E-state index is 0.0149. The number of methoxy groups -OCH3 is 1. The smallest absolute Gasteiger partial charge is 0.411 e. The van der Waals surface area contributed by atoms with Crippen LogP contribution in [0.5, 0.6) is 6.01 Å². The van der Waals surface area contributed by atoms with Crippen molar-refractivity contribution < 1.29 is 17.9 Å². The van der Waals surface area contributed by atoms with E-state index in [1.54, 1.807) is 0 Å². The van der Waals surface area contributed by atoms with Crippen LogP contribution in [0.15, 0.2) is 0 Å². The molecule has 9 heteroatoms. The Morgan fingerprint density at radius 3 is 2.32 bits per heavy atom. The third-order valence-corrected chi connectivity index (χ3v) is 2.78. The fraction of sp³-hybridized carbons (Fsp3) is 0.700. The van der Waals surface area contributed by atoms with Gasteiger partial charge >= 0.3 is 12.2 Å². The second-order valence-corrected chi connectivity index (χ2v) is 4.20. The first-order valence-corrected chi connectivity index (χ1v) is 5.79. The average Bonchev–Trinajstić information content (AvgIpc) is 3.09. The minimum Gasteiger partial charge on any atom is -0.467 e. The van der Waals surface area contributed by atoms with Crippen LogP contribution in [0.3, 0.4) is 0 Å². The molecule has 6 nitrogen and oxygen atoms in total. The number of hydrogen-bond acceptors (Lipinski definition) is 6. The van der Waals surface area contributed by atoms with E-state index >= 15 is 0 Å². The van der Waals surface area contributed by atoms with Gasteiger partial charge in [-0.15, -0.1) is 0 Å². The minimum atomic E-state index is -4.33. The molecule has 0 spiro atoms. The van der Waals surface area contributed by atoms with Crippen LogP contribution < -0.4 is 15.4 Å². The molecule has 0 aromatic carbocycles. The van der Waals surface area contributed by atoms with Gasteiger partial charge in [0.2, 0.25) is 11.9 Å². The maximum absolute atomic E-state index is 12.8. The predicted molar refractivity (Wildman–Crippen MR) is 62.2 cm³/mol. The van der Waals surface area contributed by atoms with Crippen molar-refractivity contribution in [3.63, 3.8) is 0 Å². The van der Waals surface area contributed by atoms with Crippen LogP contribution in [0.25, 0.3) is 0 Å². The van der Waals surface area contributed by atoms with E-state index < -0.39 is 11.7 Å².